The molecule has 45 heavy (non-hydrogen) atoms. The lowest BCUT2D eigenvalue weighted by Gasteiger charge is -2.34. The van der Waals surface area contributed by atoms with Crippen LogP contribution in [0.25, 0.3) is 0 Å². The highest BCUT2D eigenvalue weighted by Crippen LogP contribution is 2.31. The maximum atomic E-state index is 14.5. The minimum atomic E-state index is -4.23. The minimum absolute atomic E-state index is 0.0292. The van der Waals surface area contributed by atoms with E-state index in [9.17, 15) is 18.0 Å². The molecule has 4 aromatic rings. The molecule has 0 saturated carbocycles. The number of rotatable bonds is 13. The maximum absolute atomic E-state index is 14.5. The van der Waals surface area contributed by atoms with Crippen molar-refractivity contribution < 1.29 is 18.0 Å². The molecule has 0 aliphatic carbocycles. The lowest BCUT2D eigenvalue weighted by molar-refractivity contribution is -0.140. The topological polar surface area (TPSA) is 86.8 Å². The van der Waals surface area contributed by atoms with E-state index in [0.717, 1.165) is 26.6 Å². The Hall–Kier alpha value is -4.14. The van der Waals surface area contributed by atoms with E-state index in [4.69, 9.17) is 11.6 Å². The number of aryl methyl sites for hydroxylation is 2. The van der Waals surface area contributed by atoms with Gasteiger partial charge >= 0.3 is 0 Å². The van der Waals surface area contributed by atoms with Crippen LogP contribution in [0.15, 0.2) is 108 Å². The van der Waals surface area contributed by atoms with E-state index in [1.165, 1.54) is 17.0 Å². The van der Waals surface area contributed by atoms with Gasteiger partial charge in [-0.1, -0.05) is 115 Å². The molecule has 0 saturated heterocycles. The first-order valence-corrected chi connectivity index (χ1v) is 16.8. The number of sulfonamides is 1. The molecular weight excluding hydrogens is 606 g/mol. The normalized spacial score (nSPS) is 12.0. The smallest absolute Gasteiger partial charge is 0.264 e. The van der Waals surface area contributed by atoms with Crippen LogP contribution in [0.5, 0.6) is 0 Å². The zero-order valence-electron chi connectivity index (χ0n) is 26.1. The number of carbonyl (C=O) groups is 2. The summed E-state index contributed by atoms with van der Waals surface area (Å²) in [5.74, 6) is -0.644. The number of amides is 2. The van der Waals surface area contributed by atoms with Gasteiger partial charge in [0.15, 0.2) is 0 Å². The fourth-order valence-corrected chi connectivity index (χ4v) is 6.71. The molecular formula is C36H40ClN3O4S. The number of carbonyl (C=O) groups excluding carboxylic acids is 2. The van der Waals surface area contributed by atoms with Crippen molar-refractivity contribution in [3.63, 3.8) is 0 Å². The van der Waals surface area contributed by atoms with Crippen LogP contribution in [0, 0.1) is 19.8 Å². The van der Waals surface area contributed by atoms with Gasteiger partial charge in [0.2, 0.25) is 11.8 Å². The van der Waals surface area contributed by atoms with Gasteiger partial charge in [-0.25, -0.2) is 8.42 Å². The van der Waals surface area contributed by atoms with Crippen molar-refractivity contribution in [2.24, 2.45) is 5.92 Å². The van der Waals surface area contributed by atoms with Crippen molar-refractivity contribution in [3.8, 4) is 0 Å². The van der Waals surface area contributed by atoms with Gasteiger partial charge in [-0.15, -0.1) is 0 Å². The highest BCUT2D eigenvalue weighted by atomic mass is 35.5. The molecule has 1 atom stereocenters. The number of benzene rings is 4. The molecule has 0 fully saturated rings. The summed E-state index contributed by atoms with van der Waals surface area (Å²) in [6, 6.07) is 29.3. The van der Waals surface area contributed by atoms with Crippen molar-refractivity contribution in [2.75, 3.05) is 17.4 Å². The summed E-state index contributed by atoms with van der Waals surface area (Å²) >= 11 is 6.54. The van der Waals surface area contributed by atoms with Gasteiger partial charge in [-0.3, -0.25) is 13.9 Å². The molecule has 4 rings (SSSR count). The molecule has 236 valence electrons. The number of nitrogens with one attached hydrogen (secondary N) is 1. The quantitative estimate of drug-likeness (QED) is 0.178. The molecule has 0 aromatic heterocycles. The van der Waals surface area contributed by atoms with Gasteiger partial charge in [0.1, 0.15) is 12.6 Å². The van der Waals surface area contributed by atoms with Crippen molar-refractivity contribution in [1.29, 1.82) is 0 Å². The monoisotopic (exact) mass is 645 g/mol. The first kappa shape index (κ1) is 33.7. The van der Waals surface area contributed by atoms with Crippen LogP contribution >= 0.6 is 11.6 Å². The molecule has 1 N–H and O–H groups in total. The number of hydrogen-bond donors (Lipinski definition) is 1. The van der Waals surface area contributed by atoms with Gasteiger partial charge in [0.25, 0.3) is 10.0 Å². The van der Waals surface area contributed by atoms with Gasteiger partial charge in [-0.05, 0) is 55.2 Å². The Morgan fingerprint density at radius 3 is 2.09 bits per heavy atom. The van der Waals surface area contributed by atoms with Crippen LogP contribution < -0.4 is 9.62 Å². The lowest BCUT2D eigenvalue weighted by Crippen LogP contribution is -2.53. The van der Waals surface area contributed by atoms with E-state index in [-0.39, 0.29) is 40.4 Å². The third-order valence-electron chi connectivity index (χ3n) is 7.40. The SMILES string of the molecule is Cc1ccc(S(=O)(=O)N(CC(=O)N(Cc2cccc(C)c2)[C@H](Cc2ccccc2)C(=O)NCC(C)C)c2ccccc2Cl)cc1. The summed E-state index contributed by atoms with van der Waals surface area (Å²) in [5.41, 5.74) is 3.77. The number of anilines is 1. The molecule has 2 amide bonds. The van der Waals surface area contributed by atoms with Crippen molar-refractivity contribution in [1.82, 2.24) is 10.2 Å². The highest BCUT2D eigenvalue weighted by Gasteiger charge is 2.35. The summed E-state index contributed by atoms with van der Waals surface area (Å²) in [7, 11) is -4.23. The average molecular weight is 646 g/mol. The predicted octanol–water partition coefficient (Wildman–Crippen LogP) is 6.56. The zero-order chi connectivity index (χ0) is 32.6. The lowest BCUT2D eigenvalue weighted by atomic mass is 10.0. The second-order valence-electron chi connectivity index (χ2n) is 11.6. The largest absolute Gasteiger partial charge is 0.354 e. The number of nitrogens with zero attached hydrogens (tertiary/aromatic N) is 2. The maximum Gasteiger partial charge on any atom is 0.264 e. The summed E-state index contributed by atoms with van der Waals surface area (Å²) in [6.45, 7) is 7.80. The number of para-hydroxylation sites is 1. The van der Waals surface area contributed by atoms with Crippen molar-refractivity contribution in [3.05, 3.63) is 130 Å². The molecule has 9 heteroatoms. The van der Waals surface area contributed by atoms with Gasteiger partial charge in [-0.2, -0.15) is 0 Å². The molecule has 4 aromatic carbocycles. The van der Waals surface area contributed by atoms with Crippen LogP contribution in [-0.4, -0.2) is 44.3 Å². The van der Waals surface area contributed by atoms with E-state index in [2.05, 4.69) is 5.32 Å². The zero-order valence-corrected chi connectivity index (χ0v) is 27.7. The molecule has 0 aliphatic rings. The van der Waals surface area contributed by atoms with E-state index < -0.39 is 28.5 Å². The van der Waals surface area contributed by atoms with Crippen LogP contribution in [-0.2, 0) is 32.6 Å². The Morgan fingerprint density at radius 1 is 0.800 bits per heavy atom. The fourth-order valence-electron chi connectivity index (χ4n) is 4.99. The Morgan fingerprint density at radius 2 is 1.44 bits per heavy atom. The van der Waals surface area contributed by atoms with E-state index >= 15 is 0 Å². The third-order valence-corrected chi connectivity index (χ3v) is 9.49. The summed E-state index contributed by atoms with van der Waals surface area (Å²) < 4.78 is 29.3. The molecule has 0 heterocycles. The van der Waals surface area contributed by atoms with Crippen LogP contribution in [0.2, 0.25) is 5.02 Å². The molecule has 0 aliphatic heterocycles. The van der Waals surface area contributed by atoms with Gasteiger partial charge in [0, 0.05) is 19.5 Å². The Labute approximate surface area is 271 Å². The predicted molar refractivity (Wildman–Crippen MR) is 181 cm³/mol. The van der Waals surface area contributed by atoms with Gasteiger partial charge in [0.05, 0.1) is 15.6 Å². The third kappa shape index (κ3) is 8.96. The number of hydrogen-bond acceptors (Lipinski definition) is 4. The Balaban J connectivity index is 1.81. The Bertz CT molecular complexity index is 1710. The fraction of sp³-hybridized carbons (Fsp3) is 0.278. The average Bonchev–Trinajstić information content (AvgIpc) is 3.01. The second-order valence-corrected chi connectivity index (χ2v) is 13.9. The minimum Gasteiger partial charge on any atom is -0.354 e. The Kier molecular flexibility index (Phi) is 11.4. The van der Waals surface area contributed by atoms with Gasteiger partial charge < -0.3 is 10.2 Å². The summed E-state index contributed by atoms with van der Waals surface area (Å²) in [5, 5.41) is 3.19. The number of halogens is 1. The standard InChI is InChI=1S/C36H40ClN3O4S/c1-26(2)23-38-36(42)34(22-29-12-6-5-7-13-29)39(24-30-14-10-11-28(4)21-30)35(41)25-40(33-16-9-8-15-32(33)37)45(43,44)31-19-17-27(3)18-20-31/h5-21,26,34H,22-25H2,1-4H3,(H,38,42)/t34-/m1/s1. The van der Waals surface area contributed by atoms with E-state index in [1.54, 1.807) is 36.4 Å². The summed E-state index contributed by atoms with van der Waals surface area (Å²) in [6.07, 6.45) is 0.249. The van der Waals surface area contributed by atoms with Crippen LogP contribution in [0.3, 0.4) is 0 Å². The highest BCUT2D eigenvalue weighted by molar-refractivity contribution is 7.92. The first-order valence-electron chi connectivity index (χ1n) is 15.0. The first-order chi connectivity index (χ1) is 21.5. The van der Waals surface area contributed by atoms with Crippen molar-refractivity contribution in [2.45, 2.75) is 51.6 Å². The summed E-state index contributed by atoms with van der Waals surface area (Å²) in [4.78, 5) is 29.9. The molecule has 0 spiro atoms. The van der Waals surface area contributed by atoms with E-state index in [0.29, 0.717) is 6.54 Å². The molecule has 7 nitrogen and oxygen atoms in total. The van der Waals surface area contributed by atoms with Crippen LogP contribution in [0.1, 0.15) is 36.1 Å². The van der Waals surface area contributed by atoms with Crippen molar-refractivity contribution >= 4 is 39.1 Å². The molecule has 0 bridgehead atoms. The van der Waals surface area contributed by atoms with Crippen LogP contribution in [0.4, 0.5) is 5.69 Å². The molecule has 0 radical (unpaired) electrons. The molecule has 0 unspecified atom stereocenters. The second kappa shape index (κ2) is 15.2. The van der Waals surface area contributed by atoms with E-state index in [1.807, 2.05) is 82.3 Å².